The molecule has 12 heteroatoms. The molecule has 4 rings (SSSR count). The predicted molar refractivity (Wildman–Crippen MR) is 123 cm³/mol. The highest BCUT2D eigenvalue weighted by atomic mass is 19.4. The number of halogens is 7. The molecule has 0 N–H and O–H groups in total. The summed E-state index contributed by atoms with van der Waals surface area (Å²) in [6, 6.07) is 4.02. The van der Waals surface area contributed by atoms with E-state index in [-0.39, 0.29) is 38.0 Å². The molecule has 1 aromatic carbocycles. The fraction of sp³-hybridized carbons (Fsp3) is 0.720. The first-order chi connectivity index (χ1) is 17.3. The van der Waals surface area contributed by atoms with Gasteiger partial charge in [-0.1, -0.05) is 0 Å². The molecule has 1 unspecified atom stereocenters. The van der Waals surface area contributed by atoms with Gasteiger partial charge >= 0.3 is 18.4 Å². The number of hydrogen-bond acceptors (Lipinski definition) is 4. The number of nitrogens with zero attached hydrogens (tertiary/aromatic N) is 3. The van der Waals surface area contributed by atoms with E-state index in [1.54, 1.807) is 11.0 Å². The number of hydrogen-bond donors (Lipinski definition) is 0. The molecular formula is C25H32F7N3O2. The third-order valence-electron chi connectivity index (χ3n) is 7.90. The molecule has 0 aromatic heterocycles. The first-order valence-electron chi connectivity index (χ1n) is 12.6. The quantitative estimate of drug-likeness (QED) is 0.430. The highest BCUT2D eigenvalue weighted by molar-refractivity contribution is 5.68. The molecule has 3 fully saturated rings. The van der Waals surface area contributed by atoms with Crippen LogP contribution in [0.3, 0.4) is 0 Å². The summed E-state index contributed by atoms with van der Waals surface area (Å²) in [6.07, 6.45) is -10.1. The van der Waals surface area contributed by atoms with Crippen LogP contribution in [0, 0.1) is 0 Å². The van der Waals surface area contributed by atoms with Gasteiger partial charge in [0.2, 0.25) is 0 Å². The number of benzene rings is 1. The van der Waals surface area contributed by atoms with Gasteiger partial charge in [-0.15, -0.1) is 0 Å². The van der Waals surface area contributed by atoms with Gasteiger partial charge in [-0.2, -0.15) is 26.3 Å². The standard InChI is InChI=1S/C25H32F7N3O2/c1-17(24(27,28)29)37-22(36)34-11-6-23(7-12-34)5-2-8-35(23)16-18-13-19(25(30,31)32)15-21(14-18)33-9-3-20(26)4-10-33/h13-15,17,20H,2-12,16H2,1H3. The lowest BCUT2D eigenvalue weighted by atomic mass is 9.84. The lowest BCUT2D eigenvalue weighted by Crippen LogP contribution is -2.53. The number of piperidine rings is 2. The summed E-state index contributed by atoms with van der Waals surface area (Å²) in [5.74, 6) is 0. The number of rotatable bonds is 4. The van der Waals surface area contributed by atoms with Crippen molar-refractivity contribution in [3.05, 3.63) is 29.3 Å². The molecule has 1 aromatic rings. The van der Waals surface area contributed by atoms with Crippen LogP contribution in [-0.4, -0.2) is 72.6 Å². The summed E-state index contributed by atoms with van der Waals surface area (Å²) in [4.78, 5) is 17.4. The minimum absolute atomic E-state index is 0.214. The summed E-state index contributed by atoms with van der Waals surface area (Å²) in [5.41, 5.74) is -0.143. The summed E-state index contributed by atoms with van der Waals surface area (Å²) in [7, 11) is 0. The fourth-order valence-electron chi connectivity index (χ4n) is 5.64. The van der Waals surface area contributed by atoms with Crippen LogP contribution in [0.1, 0.15) is 56.6 Å². The van der Waals surface area contributed by atoms with Crippen LogP contribution >= 0.6 is 0 Å². The molecule has 208 valence electrons. The van der Waals surface area contributed by atoms with E-state index in [0.717, 1.165) is 31.9 Å². The Morgan fingerprint density at radius 2 is 1.65 bits per heavy atom. The van der Waals surface area contributed by atoms with Gasteiger partial charge in [0.1, 0.15) is 6.17 Å². The molecule has 0 bridgehead atoms. The molecule has 0 radical (unpaired) electrons. The van der Waals surface area contributed by atoms with Gasteiger partial charge in [0.05, 0.1) is 5.56 Å². The molecule has 1 atom stereocenters. The number of carbonyl (C=O) groups excluding carboxylic acids is 1. The van der Waals surface area contributed by atoms with E-state index in [1.807, 2.05) is 0 Å². The number of carbonyl (C=O) groups is 1. The topological polar surface area (TPSA) is 36.0 Å². The Morgan fingerprint density at radius 3 is 2.24 bits per heavy atom. The Balaban J connectivity index is 1.46. The van der Waals surface area contributed by atoms with Gasteiger partial charge in [0.25, 0.3) is 0 Å². The maximum absolute atomic E-state index is 13.7. The Labute approximate surface area is 211 Å². The highest BCUT2D eigenvalue weighted by Crippen LogP contribution is 2.41. The van der Waals surface area contributed by atoms with E-state index in [2.05, 4.69) is 9.64 Å². The third-order valence-corrected chi connectivity index (χ3v) is 7.90. The number of ether oxygens (including phenoxy) is 1. The Bertz CT molecular complexity index is 953. The minimum Gasteiger partial charge on any atom is -0.437 e. The molecule has 0 aliphatic carbocycles. The van der Waals surface area contributed by atoms with Crippen molar-refractivity contribution in [3.8, 4) is 0 Å². The lowest BCUT2D eigenvalue weighted by molar-refractivity contribution is -0.200. The predicted octanol–water partition coefficient (Wildman–Crippen LogP) is 6.16. The second-order valence-corrected chi connectivity index (χ2v) is 10.4. The smallest absolute Gasteiger partial charge is 0.425 e. The SMILES string of the molecule is CC(OC(=O)N1CCC2(CCCN2Cc2cc(N3CCC(F)CC3)cc(C(F)(F)F)c2)CC1)C(F)(F)F. The number of alkyl halides is 7. The summed E-state index contributed by atoms with van der Waals surface area (Å²) < 4.78 is 97.5. The van der Waals surface area contributed by atoms with Crippen molar-refractivity contribution in [2.45, 2.75) is 82.2 Å². The molecule has 3 heterocycles. The van der Waals surface area contributed by atoms with Crippen molar-refractivity contribution in [2.75, 3.05) is 37.6 Å². The second kappa shape index (κ2) is 10.5. The van der Waals surface area contributed by atoms with E-state index >= 15 is 0 Å². The zero-order valence-electron chi connectivity index (χ0n) is 20.7. The molecule has 3 aliphatic rings. The van der Waals surface area contributed by atoms with Crippen molar-refractivity contribution in [1.82, 2.24) is 9.80 Å². The number of amides is 1. The van der Waals surface area contributed by atoms with Gasteiger partial charge in [0, 0.05) is 44.0 Å². The van der Waals surface area contributed by atoms with Crippen LogP contribution in [0.4, 0.5) is 41.2 Å². The molecular weight excluding hydrogens is 507 g/mol. The van der Waals surface area contributed by atoms with Crippen LogP contribution in [0.2, 0.25) is 0 Å². The Morgan fingerprint density at radius 1 is 1.00 bits per heavy atom. The zero-order chi connectivity index (χ0) is 27.0. The minimum atomic E-state index is -4.64. The second-order valence-electron chi connectivity index (χ2n) is 10.4. The van der Waals surface area contributed by atoms with Crippen molar-refractivity contribution < 1.29 is 40.3 Å². The van der Waals surface area contributed by atoms with Crippen molar-refractivity contribution in [3.63, 3.8) is 0 Å². The zero-order valence-corrected chi connectivity index (χ0v) is 20.7. The highest BCUT2D eigenvalue weighted by Gasteiger charge is 2.45. The number of likely N-dealkylation sites (tertiary alicyclic amines) is 2. The third kappa shape index (κ3) is 6.43. The van der Waals surface area contributed by atoms with Gasteiger partial charge in [0.15, 0.2) is 6.10 Å². The molecule has 37 heavy (non-hydrogen) atoms. The molecule has 5 nitrogen and oxygen atoms in total. The van der Waals surface area contributed by atoms with Gasteiger partial charge in [-0.05, 0) is 75.8 Å². The molecule has 0 saturated carbocycles. The summed E-state index contributed by atoms with van der Waals surface area (Å²) in [6.45, 7) is 2.88. The Hall–Kier alpha value is -2.24. The van der Waals surface area contributed by atoms with E-state index in [9.17, 15) is 35.5 Å². The van der Waals surface area contributed by atoms with Gasteiger partial charge in [-0.3, -0.25) is 4.90 Å². The van der Waals surface area contributed by atoms with Crippen LogP contribution < -0.4 is 4.90 Å². The molecule has 1 spiro atoms. The van der Waals surface area contributed by atoms with Crippen LogP contribution in [0.15, 0.2) is 18.2 Å². The first kappa shape index (κ1) is 27.8. The van der Waals surface area contributed by atoms with Gasteiger partial charge < -0.3 is 14.5 Å². The average Bonchev–Trinajstić information content (AvgIpc) is 3.19. The maximum atomic E-state index is 13.7. The summed E-state index contributed by atoms with van der Waals surface area (Å²) >= 11 is 0. The number of anilines is 1. The van der Waals surface area contributed by atoms with Crippen LogP contribution in [0.25, 0.3) is 0 Å². The molecule has 3 aliphatic heterocycles. The Kier molecular flexibility index (Phi) is 7.88. The first-order valence-corrected chi connectivity index (χ1v) is 12.6. The van der Waals surface area contributed by atoms with Crippen LogP contribution in [0.5, 0.6) is 0 Å². The van der Waals surface area contributed by atoms with E-state index in [1.165, 1.54) is 4.90 Å². The lowest BCUT2D eigenvalue weighted by Gasteiger charge is -2.45. The molecule has 1 amide bonds. The maximum Gasteiger partial charge on any atom is 0.425 e. The van der Waals surface area contributed by atoms with E-state index < -0.39 is 36.3 Å². The normalized spacial score (nSPS) is 22.5. The van der Waals surface area contributed by atoms with Crippen molar-refractivity contribution in [1.29, 1.82) is 0 Å². The van der Waals surface area contributed by atoms with E-state index in [4.69, 9.17) is 0 Å². The largest absolute Gasteiger partial charge is 0.437 e. The van der Waals surface area contributed by atoms with Gasteiger partial charge in [-0.25, -0.2) is 9.18 Å². The van der Waals surface area contributed by atoms with E-state index in [0.29, 0.717) is 43.7 Å². The van der Waals surface area contributed by atoms with Crippen molar-refractivity contribution >= 4 is 11.8 Å². The van der Waals surface area contributed by atoms with Crippen molar-refractivity contribution in [2.24, 2.45) is 0 Å². The van der Waals surface area contributed by atoms with Crippen LogP contribution in [-0.2, 0) is 17.5 Å². The fourth-order valence-corrected chi connectivity index (χ4v) is 5.64. The average molecular weight is 540 g/mol. The summed E-state index contributed by atoms with van der Waals surface area (Å²) in [5, 5.41) is 0. The monoisotopic (exact) mass is 539 g/mol. The molecule has 3 saturated heterocycles.